The number of hydrogen-bond acceptors (Lipinski definition) is 5. The van der Waals surface area contributed by atoms with Crippen LogP contribution in [0.25, 0.3) is 11.6 Å². The van der Waals surface area contributed by atoms with Crippen molar-refractivity contribution in [2.45, 2.75) is 59.3 Å². The molecule has 3 heterocycles. The highest BCUT2D eigenvalue weighted by Crippen LogP contribution is 2.36. The minimum Gasteiger partial charge on any atom is -0.494 e. The molecule has 0 saturated heterocycles. The van der Waals surface area contributed by atoms with Gasteiger partial charge in [0.1, 0.15) is 5.75 Å². The van der Waals surface area contributed by atoms with Gasteiger partial charge in [-0.15, -0.1) is 0 Å². The number of aromatic nitrogens is 4. The van der Waals surface area contributed by atoms with E-state index in [0.717, 1.165) is 23.9 Å². The Morgan fingerprint density at radius 3 is 2.45 bits per heavy atom. The van der Waals surface area contributed by atoms with Crippen molar-refractivity contribution in [3.63, 3.8) is 0 Å². The normalized spacial score (nSPS) is 15.0. The summed E-state index contributed by atoms with van der Waals surface area (Å²) >= 11 is 2.92. The summed E-state index contributed by atoms with van der Waals surface area (Å²) in [5.74, 6) is 0.348. The van der Waals surface area contributed by atoms with Gasteiger partial charge in [0.2, 0.25) is 5.95 Å². The van der Waals surface area contributed by atoms with Crippen molar-refractivity contribution in [2.24, 2.45) is 0 Å². The van der Waals surface area contributed by atoms with Crippen molar-refractivity contribution in [1.29, 1.82) is 0 Å². The molecule has 42 heavy (non-hydrogen) atoms. The van der Waals surface area contributed by atoms with Gasteiger partial charge in [0.25, 0.3) is 11.5 Å². The first-order valence-corrected chi connectivity index (χ1v) is 14.3. The topological polar surface area (TPSA) is 82.2 Å². The van der Waals surface area contributed by atoms with Crippen LogP contribution < -0.4 is 10.3 Å². The van der Waals surface area contributed by atoms with E-state index in [-0.39, 0.29) is 34.5 Å². The molecule has 1 amide bonds. The van der Waals surface area contributed by atoms with Crippen molar-refractivity contribution >= 4 is 21.8 Å². The maximum atomic E-state index is 14.1. The van der Waals surface area contributed by atoms with E-state index in [0.29, 0.717) is 29.3 Å². The Labute approximate surface area is 248 Å². The number of alkyl halides is 3. The van der Waals surface area contributed by atoms with Gasteiger partial charge in [-0.05, 0) is 82.1 Å². The van der Waals surface area contributed by atoms with Gasteiger partial charge in [-0.1, -0.05) is 22.9 Å². The van der Waals surface area contributed by atoms with Crippen molar-refractivity contribution < 1.29 is 22.7 Å². The van der Waals surface area contributed by atoms with Gasteiger partial charge in [-0.2, -0.15) is 18.3 Å². The van der Waals surface area contributed by atoms with Crippen LogP contribution in [-0.2, 0) is 19.1 Å². The van der Waals surface area contributed by atoms with E-state index in [1.807, 2.05) is 26.8 Å². The van der Waals surface area contributed by atoms with Crippen molar-refractivity contribution in [3.8, 4) is 17.4 Å². The summed E-state index contributed by atoms with van der Waals surface area (Å²) in [6, 6.07) is 12.0. The highest BCUT2D eigenvalue weighted by Gasteiger charge is 2.36. The molecule has 5 rings (SSSR count). The second kappa shape index (κ2) is 11.4. The number of hydrogen-bond donors (Lipinski definition) is 0. The number of aryl methyl sites for hydroxylation is 2. The highest BCUT2D eigenvalue weighted by molar-refractivity contribution is 9.10. The molecule has 0 spiro atoms. The predicted molar refractivity (Wildman–Crippen MR) is 154 cm³/mol. The Bertz CT molecular complexity index is 1710. The van der Waals surface area contributed by atoms with Crippen LogP contribution in [0.15, 0.2) is 57.8 Å². The molecule has 0 saturated carbocycles. The molecule has 2 aromatic carbocycles. The standard InChI is InChI=1S/C30H29BrF3N5O3/c1-5-12-42-22-9-7-21(8-10-22)38-28(41)23-14-18(3)37(16-26(23)35-29(38)39-19(4)13-17(2)36-39)27(40)20-6-11-25(31)24(15-20)30(32,33)34/h6-11,13,15,18H,5,12,14,16H2,1-4H3/t18-/m1/s1. The lowest BCUT2D eigenvalue weighted by atomic mass is 9.98. The summed E-state index contributed by atoms with van der Waals surface area (Å²) in [6.07, 6.45) is -3.58. The third-order valence-electron chi connectivity index (χ3n) is 7.14. The second-order valence-corrected chi connectivity index (χ2v) is 11.2. The zero-order valence-corrected chi connectivity index (χ0v) is 25.1. The minimum absolute atomic E-state index is 0.0427. The Hall–Kier alpha value is -3.93. The molecule has 0 unspecified atom stereocenters. The lowest BCUT2D eigenvalue weighted by Gasteiger charge is -2.34. The molecule has 1 aliphatic heterocycles. The monoisotopic (exact) mass is 643 g/mol. The first-order chi connectivity index (χ1) is 19.9. The number of carbonyl (C=O) groups is 1. The van der Waals surface area contributed by atoms with Crippen molar-refractivity contribution in [2.75, 3.05) is 6.61 Å². The molecule has 0 fully saturated rings. The molecule has 4 aromatic rings. The first kappa shape index (κ1) is 29.6. The third-order valence-corrected chi connectivity index (χ3v) is 7.83. The highest BCUT2D eigenvalue weighted by atomic mass is 79.9. The van der Waals surface area contributed by atoms with Crippen LogP contribution in [-0.4, -0.2) is 42.8 Å². The molecular formula is C30H29BrF3N5O3. The Balaban J connectivity index is 1.59. The van der Waals surface area contributed by atoms with Crippen molar-refractivity contribution in [1.82, 2.24) is 24.2 Å². The SMILES string of the molecule is CCCOc1ccc(-n2c(-n3nc(C)cc3C)nc3c(c2=O)C[C@@H](C)N(C(=O)c2ccc(Br)c(C(F)(F)F)c2)C3)cc1. The number of amides is 1. The van der Waals surface area contributed by atoms with Gasteiger partial charge in [0.05, 0.1) is 35.8 Å². The number of nitrogens with zero attached hydrogens (tertiary/aromatic N) is 5. The average molecular weight is 644 g/mol. The lowest BCUT2D eigenvalue weighted by molar-refractivity contribution is -0.138. The molecule has 1 aliphatic rings. The molecule has 2 aromatic heterocycles. The molecule has 0 N–H and O–H groups in total. The summed E-state index contributed by atoms with van der Waals surface area (Å²) in [5.41, 5.74) is 1.54. The zero-order chi connectivity index (χ0) is 30.3. The molecule has 8 nitrogen and oxygen atoms in total. The number of halogens is 4. The fourth-order valence-corrected chi connectivity index (χ4v) is 5.55. The van der Waals surface area contributed by atoms with Gasteiger partial charge in [-0.25, -0.2) is 14.2 Å². The van der Waals surface area contributed by atoms with E-state index in [2.05, 4.69) is 21.0 Å². The van der Waals surface area contributed by atoms with Crippen LogP contribution in [0.1, 0.15) is 58.8 Å². The predicted octanol–water partition coefficient (Wildman–Crippen LogP) is 6.19. The van der Waals surface area contributed by atoms with Crippen LogP contribution >= 0.6 is 15.9 Å². The fraction of sp³-hybridized carbons (Fsp3) is 0.333. The van der Waals surface area contributed by atoms with Crippen LogP contribution in [0, 0.1) is 13.8 Å². The summed E-state index contributed by atoms with van der Waals surface area (Å²) in [6.45, 7) is 7.99. The smallest absolute Gasteiger partial charge is 0.417 e. The first-order valence-electron chi connectivity index (χ1n) is 13.5. The molecule has 0 bridgehead atoms. The van der Waals surface area contributed by atoms with E-state index >= 15 is 0 Å². The molecule has 220 valence electrons. The second-order valence-electron chi connectivity index (χ2n) is 10.3. The van der Waals surface area contributed by atoms with Crippen LogP contribution in [0.5, 0.6) is 5.75 Å². The van der Waals surface area contributed by atoms with E-state index in [9.17, 15) is 22.8 Å². The molecule has 0 radical (unpaired) electrons. The average Bonchev–Trinajstić information content (AvgIpc) is 3.29. The molecule has 12 heteroatoms. The Kier molecular flexibility index (Phi) is 8.02. The number of rotatable bonds is 6. The zero-order valence-electron chi connectivity index (χ0n) is 23.5. The maximum Gasteiger partial charge on any atom is 0.417 e. The Morgan fingerprint density at radius 1 is 1.12 bits per heavy atom. The quantitative estimate of drug-likeness (QED) is 0.250. The van der Waals surface area contributed by atoms with Crippen LogP contribution in [0.2, 0.25) is 0 Å². The van der Waals surface area contributed by atoms with E-state index in [4.69, 9.17) is 9.72 Å². The van der Waals surface area contributed by atoms with E-state index in [1.54, 1.807) is 35.9 Å². The van der Waals surface area contributed by atoms with Crippen molar-refractivity contribution in [3.05, 3.63) is 97.1 Å². The van der Waals surface area contributed by atoms with Crippen LogP contribution in [0.3, 0.4) is 0 Å². The number of fused-ring (bicyclic) bond motifs is 1. The molecular weight excluding hydrogens is 615 g/mol. The van der Waals surface area contributed by atoms with Crippen LogP contribution in [0.4, 0.5) is 13.2 Å². The third kappa shape index (κ3) is 5.59. The summed E-state index contributed by atoms with van der Waals surface area (Å²) in [4.78, 5) is 33.9. The molecule has 0 aliphatic carbocycles. The summed E-state index contributed by atoms with van der Waals surface area (Å²) in [7, 11) is 0. The Morgan fingerprint density at radius 2 is 1.83 bits per heavy atom. The number of carbonyl (C=O) groups excluding carboxylic acids is 1. The van der Waals surface area contributed by atoms with Gasteiger partial charge in [0.15, 0.2) is 0 Å². The summed E-state index contributed by atoms with van der Waals surface area (Å²) < 4.78 is 49.2. The van der Waals surface area contributed by atoms with Gasteiger partial charge < -0.3 is 9.64 Å². The van der Waals surface area contributed by atoms with E-state index < -0.39 is 23.7 Å². The molecule has 1 atom stereocenters. The van der Waals surface area contributed by atoms with E-state index in [1.165, 1.54) is 21.6 Å². The van der Waals surface area contributed by atoms with Gasteiger partial charge in [0, 0.05) is 27.3 Å². The minimum atomic E-state index is -4.63. The number of ether oxygens (including phenoxy) is 1. The van der Waals surface area contributed by atoms with Gasteiger partial charge in [-0.3, -0.25) is 9.59 Å². The summed E-state index contributed by atoms with van der Waals surface area (Å²) in [5, 5.41) is 4.55. The number of benzene rings is 2. The largest absolute Gasteiger partial charge is 0.494 e. The lowest BCUT2D eigenvalue weighted by Crippen LogP contribution is -2.46. The van der Waals surface area contributed by atoms with Gasteiger partial charge >= 0.3 is 6.18 Å². The maximum absolute atomic E-state index is 14.1. The fourth-order valence-electron chi connectivity index (χ4n) is 5.08.